The van der Waals surface area contributed by atoms with E-state index in [0.717, 1.165) is 9.92 Å². The zero-order chi connectivity index (χ0) is 12.0. The van der Waals surface area contributed by atoms with E-state index in [1.807, 2.05) is 38.1 Å². The molecule has 2 nitrogen and oxygen atoms in total. The number of thioether (sulfide) groups is 1. The molecule has 0 aliphatic rings. The van der Waals surface area contributed by atoms with Crippen molar-refractivity contribution in [3.8, 4) is 0 Å². The summed E-state index contributed by atoms with van der Waals surface area (Å²) in [5.41, 5.74) is 0. The van der Waals surface area contributed by atoms with Crippen LogP contribution in [0.15, 0.2) is 29.2 Å². The Morgan fingerprint density at radius 3 is 2.75 bits per heavy atom. The fraction of sp³-hybridized carbons (Fsp3) is 0.500. The molecule has 0 spiro atoms. The molecule has 0 saturated heterocycles. The van der Waals surface area contributed by atoms with Crippen molar-refractivity contribution < 1.29 is 9.84 Å². The van der Waals surface area contributed by atoms with Gasteiger partial charge in [-0.05, 0) is 26.0 Å². The van der Waals surface area contributed by atoms with E-state index in [0.29, 0.717) is 12.4 Å². The first-order chi connectivity index (χ1) is 7.65. The highest BCUT2D eigenvalue weighted by atomic mass is 35.5. The van der Waals surface area contributed by atoms with Crippen LogP contribution in [0.1, 0.15) is 13.8 Å². The lowest BCUT2D eigenvalue weighted by Gasteiger charge is -2.18. The van der Waals surface area contributed by atoms with Crippen molar-refractivity contribution in [3.63, 3.8) is 0 Å². The van der Waals surface area contributed by atoms with Gasteiger partial charge in [0.15, 0.2) is 0 Å². The molecule has 1 rings (SSSR count). The van der Waals surface area contributed by atoms with Gasteiger partial charge >= 0.3 is 0 Å². The van der Waals surface area contributed by atoms with Gasteiger partial charge in [-0.1, -0.05) is 23.7 Å². The lowest BCUT2D eigenvalue weighted by Crippen LogP contribution is -2.28. The minimum absolute atomic E-state index is 0.139. The van der Waals surface area contributed by atoms with Gasteiger partial charge < -0.3 is 9.84 Å². The number of hydrogen-bond donors (Lipinski definition) is 1. The first kappa shape index (κ1) is 13.8. The summed E-state index contributed by atoms with van der Waals surface area (Å²) in [6.07, 6.45) is -0.610. The monoisotopic (exact) mass is 260 g/mol. The molecule has 0 aliphatic heterocycles. The molecular weight excluding hydrogens is 244 g/mol. The Balaban J connectivity index is 2.42. The summed E-state index contributed by atoms with van der Waals surface area (Å²) >= 11 is 7.56. The Labute approximate surface area is 106 Å². The molecule has 0 radical (unpaired) electrons. The Kier molecular flexibility index (Phi) is 6.21. The second kappa shape index (κ2) is 7.17. The minimum Gasteiger partial charge on any atom is -0.390 e. The van der Waals surface area contributed by atoms with Crippen LogP contribution in [0, 0.1) is 0 Å². The number of rotatable bonds is 6. The summed E-state index contributed by atoms with van der Waals surface area (Å²) in [6, 6.07) is 7.63. The van der Waals surface area contributed by atoms with Gasteiger partial charge in [-0.15, -0.1) is 11.8 Å². The molecule has 0 aromatic heterocycles. The summed E-state index contributed by atoms with van der Waals surface area (Å²) in [4.78, 5) is 0.993. The van der Waals surface area contributed by atoms with Crippen LogP contribution < -0.4 is 0 Å². The van der Waals surface area contributed by atoms with Crippen molar-refractivity contribution in [2.24, 2.45) is 0 Å². The summed E-state index contributed by atoms with van der Waals surface area (Å²) in [5, 5.41) is 10.5. The van der Waals surface area contributed by atoms with Crippen LogP contribution in [0.3, 0.4) is 0 Å². The highest BCUT2D eigenvalue weighted by Gasteiger charge is 2.14. The molecule has 4 heteroatoms. The van der Waals surface area contributed by atoms with E-state index in [-0.39, 0.29) is 6.10 Å². The smallest absolute Gasteiger partial charge is 0.0892 e. The van der Waals surface area contributed by atoms with Crippen LogP contribution in [0.2, 0.25) is 5.02 Å². The second-order valence-electron chi connectivity index (χ2n) is 3.47. The Bertz CT molecular complexity index is 320. The molecule has 2 unspecified atom stereocenters. The van der Waals surface area contributed by atoms with Gasteiger partial charge in [0.05, 0.1) is 17.2 Å². The van der Waals surface area contributed by atoms with Crippen molar-refractivity contribution in [2.45, 2.75) is 31.0 Å². The quantitative estimate of drug-likeness (QED) is 0.797. The van der Waals surface area contributed by atoms with Gasteiger partial charge in [-0.3, -0.25) is 0 Å². The fourth-order valence-corrected chi connectivity index (χ4v) is 2.55. The Morgan fingerprint density at radius 2 is 2.12 bits per heavy atom. The Morgan fingerprint density at radius 1 is 1.44 bits per heavy atom. The van der Waals surface area contributed by atoms with Crippen molar-refractivity contribution in [3.05, 3.63) is 29.3 Å². The summed E-state index contributed by atoms with van der Waals surface area (Å²) in [6.45, 7) is 4.42. The molecule has 1 aromatic rings. The first-order valence-corrected chi connectivity index (χ1v) is 6.68. The van der Waals surface area contributed by atoms with Crippen molar-refractivity contribution >= 4 is 23.4 Å². The maximum absolute atomic E-state index is 9.81. The lowest BCUT2D eigenvalue weighted by molar-refractivity contribution is -0.0104. The maximum Gasteiger partial charge on any atom is 0.0892 e. The number of benzene rings is 1. The molecule has 1 N–H and O–H groups in total. The number of halogens is 1. The first-order valence-electron chi connectivity index (χ1n) is 5.32. The van der Waals surface area contributed by atoms with Crippen LogP contribution in [0.5, 0.6) is 0 Å². The predicted octanol–water partition coefficient (Wildman–Crippen LogP) is 3.22. The second-order valence-corrected chi connectivity index (χ2v) is 4.94. The third-order valence-electron chi connectivity index (χ3n) is 2.22. The third-order valence-corrected chi connectivity index (χ3v) is 3.83. The van der Waals surface area contributed by atoms with E-state index in [1.165, 1.54) is 0 Å². The van der Waals surface area contributed by atoms with E-state index >= 15 is 0 Å². The van der Waals surface area contributed by atoms with Crippen molar-refractivity contribution in [1.82, 2.24) is 0 Å². The molecule has 16 heavy (non-hydrogen) atoms. The molecular formula is C12H17ClO2S. The van der Waals surface area contributed by atoms with Gasteiger partial charge in [0.25, 0.3) is 0 Å². The SMILES string of the molecule is CCOC(C)C(O)CSc1ccccc1Cl. The highest BCUT2D eigenvalue weighted by molar-refractivity contribution is 7.99. The van der Waals surface area contributed by atoms with Gasteiger partial charge in [0.2, 0.25) is 0 Å². The standard InChI is InChI=1S/C12H17ClO2S/c1-3-15-9(2)11(14)8-16-12-7-5-4-6-10(12)13/h4-7,9,11,14H,3,8H2,1-2H3. The van der Waals surface area contributed by atoms with Gasteiger partial charge in [-0.2, -0.15) is 0 Å². The third kappa shape index (κ3) is 4.34. The molecule has 0 aliphatic carbocycles. The summed E-state index contributed by atoms with van der Waals surface area (Å²) in [7, 11) is 0. The predicted molar refractivity (Wildman–Crippen MR) is 69.3 cm³/mol. The van der Waals surface area contributed by atoms with Crippen LogP contribution >= 0.6 is 23.4 Å². The zero-order valence-electron chi connectivity index (χ0n) is 9.52. The molecule has 0 heterocycles. The molecule has 1 aromatic carbocycles. The number of ether oxygens (including phenoxy) is 1. The molecule has 0 fully saturated rings. The lowest BCUT2D eigenvalue weighted by atomic mass is 10.2. The Hall–Kier alpha value is -0.220. The average molecular weight is 261 g/mol. The van der Waals surface area contributed by atoms with E-state index in [9.17, 15) is 5.11 Å². The summed E-state index contributed by atoms with van der Waals surface area (Å²) < 4.78 is 5.33. The molecule has 90 valence electrons. The average Bonchev–Trinajstić information content (AvgIpc) is 2.28. The number of aliphatic hydroxyl groups excluding tert-OH is 1. The minimum atomic E-state index is -0.471. The topological polar surface area (TPSA) is 29.5 Å². The number of aliphatic hydroxyl groups is 1. The van der Waals surface area contributed by atoms with Gasteiger partial charge in [0.1, 0.15) is 0 Å². The van der Waals surface area contributed by atoms with Crippen LogP contribution in [0.4, 0.5) is 0 Å². The van der Waals surface area contributed by atoms with E-state index in [1.54, 1.807) is 11.8 Å². The van der Waals surface area contributed by atoms with Gasteiger partial charge in [-0.25, -0.2) is 0 Å². The molecule has 0 bridgehead atoms. The van der Waals surface area contributed by atoms with E-state index in [4.69, 9.17) is 16.3 Å². The van der Waals surface area contributed by atoms with Crippen molar-refractivity contribution in [1.29, 1.82) is 0 Å². The number of hydrogen-bond acceptors (Lipinski definition) is 3. The van der Waals surface area contributed by atoms with Gasteiger partial charge in [0, 0.05) is 17.3 Å². The zero-order valence-corrected chi connectivity index (χ0v) is 11.1. The van der Waals surface area contributed by atoms with E-state index in [2.05, 4.69) is 0 Å². The highest BCUT2D eigenvalue weighted by Crippen LogP contribution is 2.27. The van der Waals surface area contributed by atoms with E-state index < -0.39 is 6.10 Å². The molecule has 0 saturated carbocycles. The normalized spacial score (nSPS) is 14.8. The summed E-state index contributed by atoms with van der Waals surface area (Å²) in [5.74, 6) is 0.588. The largest absolute Gasteiger partial charge is 0.390 e. The maximum atomic E-state index is 9.81. The fourth-order valence-electron chi connectivity index (χ4n) is 1.25. The van der Waals surface area contributed by atoms with Crippen LogP contribution in [-0.2, 0) is 4.74 Å². The van der Waals surface area contributed by atoms with Crippen molar-refractivity contribution in [2.75, 3.05) is 12.4 Å². The molecule has 0 amide bonds. The molecule has 2 atom stereocenters. The van der Waals surface area contributed by atoms with Crippen LogP contribution in [0.25, 0.3) is 0 Å². The van der Waals surface area contributed by atoms with Crippen LogP contribution in [-0.4, -0.2) is 29.7 Å².